The van der Waals surface area contributed by atoms with E-state index in [-0.39, 0.29) is 6.61 Å². The van der Waals surface area contributed by atoms with Crippen LogP contribution in [0.25, 0.3) is 0 Å². The Morgan fingerprint density at radius 3 is 2.62 bits per heavy atom. The molecule has 112 valence electrons. The van der Waals surface area contributed by atoms with Gasteiger partial charge in [-0.25, -0.2) is 0 Å². The molecule has 0 aliphatic heterocycles. The van der Waals surface area contributed by atoms with E-state index in [1.54, 1.807) is 11.8 Å². The zero-order valence-electron chi connectivity index (χ0n) is 12.3. The van der Waals surface area contributed by atoms with Crippen LogP contribution in [0.15, 0.2) is 10.2 Å². The maximum atomic E-state index is 9.58. The lowest BCUT2D eigenvalue weighted by Gasteiger charge is -2.09. The van der Waals surface area contributed by atoms with Crippen molar-refractivity contribution in [1.29, 1.82) is 0 Å². The van der Waals surface area contributed by atoms with Gasteiger partial charge in [-0.2, -0.15) is 5.10 Å². The molecule has 2 saturated carbocycles. The smallest absolute Gasteiger partial charge is 0.197 e. The molecule has 4 rings (SSSR count). The molecule has 2 aromatic rings. The third-order valence-corrected chi connectivity index (χ3v) is 5.35. The lowest BCUT2D eigenvalue weighted by molar-refractivity contribution is 0.277. The van der Waals surface area contributed by atoms with E-state index in [0.29, 0.717) is 12.0 Å². The van der Waals surface area contributed by atoms with E-state index in [1.807, 2.05) is 18.7 Å². The fourth-order valence-electron chi connectivity index (χ4n) is 2.73. The summed E-state index contributed by atoms with van der Waals surface area (Å²) in [5.41, 5.74) is 1.77. The second-order valence-electron chi connectivity index (χ2n) is 5.97. The van der Waals surface area contributed by atoms with E-state index in [9.17, 15) is 5.11 Å². The lowest BCUT2D eigenvalue weighted by Crippen LogP contribution is -2.03. The summed E-state index contributed by atoms with van der Waals surface area (Å²) in [6, 6.07) is 0.574. The number of hydrogen-bond donors (Lipinski definition) is 1. The predicted octanol–water partition coefficient (Wildman–Crippen LogP) is 2.18. The predicted molar refractivity (Wildman–Crippen MR) is 78.3 cm³/mol. The minimum atomic E-state index is 0.00898. The number of aryl methyl sites for hydroxylation is 2. The second-order valence-corrected chi connectivity index (χ2v) is 6.93. The van der Waals surface area contributed by atoms with Gasteiger partial charge in [0.15, 0.2) is 5.16 Å². The Bertz CT molecular complexity index is 684. The van der Waals surface area contributed by atoms with E-state index in [0.717, 1.165) is 27.3 Å². The van der Waals surface area contributed by atoms with Gasteiger partial charge in [-0.3, -0.25) is 4.68 Å². The summed E-state index contributed by atoms with van der Waals surface area (Å²) in [6.45, 7) is 1.94. The van der Waals surface area contributed by atoms with Crippen molar-refractivity contribution >= 4 is 11.8 Å². The standard InChI is InChI=1S/C14H19N5OS/c1-8-11(7-20)13(18(2)17-8)21-14-16-15-12(9-3-4-9)19(14)10-5-6-10/h9-10,20H,3-7H2,1-2H3. The van der Waals surface area contributed by atoms with Gasteiger partial charge < -0.3 is 9.67 Å². The normalized spacial score (nSPS) is 18.4. The van der Waals surface area contributed by atoms with E-state index in [4.69, 9.17) is 0 Å². The van der Waals surface area contributed by atoms with Crippen LogP contribution in [0.2, 0.25) is 0 Å². The molecule has 0 amide bonds. The highest BCUT2D eigenvalue weighted by Crippen LogP contribution is 2.47. The fraction of sp³-hybridized carbons (Fsp3) is 0.643. The van der Waals surface area contributed by atoms with Gasteiger partial charge in [0.05, 0.1) is 12.3 Å². The van der Waals surface area contributed by atoms with Crippen molar-refractivity contribution in [2.45, 2.75) is 61.4 Å². The highest BCUT2D eigenvalue weighted by Gasteiger charge is 2.36. The summed E-state index contributed by atoms with van der Waals surface area (Å²) in [4.78, 5) is 0. The molecule has 0 atom stereocenters. The SMILES string of the molecule is Cc1nn(C)c(Sc2nnc(C3CC3)n2C2CC2)c1CO. The summed E-state index contributed by atoms with van der Waals surface area (Å²) in [7, 11) is 1.91. The number of aromatic nitrogens is 5. The van der Waals surface area contributed by atoms with Crippen LogP contribution in [0, 0.1) is 6.92 Å². The Morgan fingerprint density at radius 2 is 2.00 bits per heavy atom. The van der Waals surface area contributed by atoms with Crippen LogP contribution in [0.5, 0.6) is 0 Å². The van der Waals surface area contributed by atoms with Crippen molar-refractivity contribution in [3.05, 3.63) is 17.1 Å². The quantitative estimate of drug-likeness (QED) is 0.917. The van der Waals surface area contributed by atoms with Crippen LogP contribution in [0.1, 0.15) is 54.7 Å². The van der Waals surface area contributed by atoms with Crippen LogP contribution in [-0.4, -0.2) is 29.7 Å². The Morgan fingerprint density at radius 1 is 1.24 bits per heavy atom. The highest BCUT2D eigenvalue weighted by molar-refractivity contribution is 7.99. The van der Waals surface area contributed by atoms with Gasteiger partial charge >= 0.3 is 0 Å². The van der Waals surface area contributed by atoms with Gasteiger partial charge in [-0.05, 0) is 44.4 Å². The molecule has 7 heteroatoms. The van der Waals surface area contributed by atoms with Crippen LogP contribution >= 0.6 is 11.8 Å². The number of hydrogen-bond acceptors (Lipinski definition) is 5. The van der Waals surface area contributed by atoms with E-state index < -0.39 is 0 Å². The summed E-state index contributed by atoms with van der Waals surface area (Å²) in [6.07, 6.45) is 4.93. The molecule has 0 radical (unpaired) electrons. The molecule has 2 aliphatic carbocycles. The molecule has 0 unspecified atom stereocenters. The second kappa shape index (κ2) is 4.84. The minimum Gasteiger partial charge on any atom is -0.392 e. The van der Waals surface area contributed by atoms with Crippen LogP contribution in [0.3, 0.4) is 0 Å². The average Bonchev–Trinajstić information content (AvgIpc) is 3.37. The average molecular weight is 305 g/mol. The number of aliphatic hydroxyl groups is 1. The molecule has 1 N–H and O–H groups in total. The van der Waals surface area contributed by atoms with Gasteiger partial charge in [0.25, 0.3) is 0 Å². The van der Waals surface area contributed by atoms with E-state index in [1.165, 1.54) is 25.7 Å². The maximum Gasteiger partial charge on any atom is 0.197 e. The van der Waals surface area contributed by atoms with Crippen LogP contribution in [0.4, 0.5) is 0 Å². The number of rotatable bonds is 5. The first kappa shape index (κ1) is 13.3. The molecular formula is C14H19N5OS. The summed E-state index contributed by atoms with van der Waals surface area (Å²) in [5, 5.41) is 24.7. The van der Waals surface area contributed by atoms with E-state index >= 15 is 0 Å². The van der Waals surface area contributed by atoms with Crippen molar-refractivity contribution in [2.24, 2.45) is 7.05 Å². The molecule has 2 heterocycles. The largest absolute Gasteiger partial charge is 0.392 e. The van der Waals surface area contributed by atoms with Gasteiger partial charge in [0, 0.05) is 24.6 Å². The topological polar surface area (TPSA) is 68.8 Å². The molecular weight excluding hydrogens is 286 g/mol. The van der Waals surface area contributed by atoms with Crippen molar-refractivity contribution in [3.63, 3.8) is 0 Å². The number of aliphatic hydroxyl groups excluding tert-OH is 1. The zero-order chi connectivity index (χ0) is 14.6. The van der Waals surface area contributed by atoms with Crippen molar-refractivity contribution in [3.8, 4) is 0 Å². The Balaban J connectivity index is 1.71. The summed E-state index contributed by atoms with van der Waals surface area (Å²) < 4.78 is 4.15. The third-order valence-electron chi connectivity index (χ3n) is 4.18. The first-order chi connectivity index (χ1) is 10.2. The van der Waals surface area contributed by atoms with Gasteiger partial charge in [0.1, 0.15) is 10.9 Å². The van der Waals surface area contributed by atoms with E-state index in [2.05, 4.69) is 19.9 Å². The molecule has 0 saturated heterocycles. The third kappa shape index (κ3) is 2.28. The molecule has 2 aliphatic rings. The Hall–Kier alpha value is -1.34. The molecule has 0 aromatic carbocycles. The fourth-order valence-corrected chi connectivity index (χ4v) is 3.83. The molecule has 0 spiro atoms. The first-order valence-corrected chi connectivity index (χ1v) is 8.26. The summed E-state index contributed by atoms with van der Waals surface area (Å²) >= 11 is 1.58. The Labute approximate surface area is 127 Å². The zero-order valence-corrected chi connectivity index (χ0v) is 13.1. The van der Waals surface area contributed by atoms with Crippen LogP contribution in [-0.2, 0) is 13.7 Å². The molecule has 2 fully saturated rings. The molecule has 6 nitrogen and oxygen atoms in total. The summed E-state index contributed by atoms with van der Waals surface area (Å²) in [5.74, 6) is 1.77. The monoisotopic (exact) mass is 305 g/mol. The van der Waals surface area contributed by atoms with Gasteiger partial charge in [-0.15, -0.1) is 10.2 Å². The molecule has 2 aromatic heterocycles. The first-order valence-electron chi connectivity index (χ1n) is 7.45. The van der Waals surface area contributed by atoms with Crippen molar-refractivity contribution in [2.75, 3.05) is 0 Å². The van der Waals surface area contributed by atoms with Crippen molar-refractivity contribution in [1.82, 2.24) is 24.5 Å². The van der Waals surface area contributed by atoms with Crippen LogP contribution < -0.4 is 0 Å². The Kier molecular flexibility index (Phi) is 3.08. The van der Waals surface area contributed by atoms with Gasteiger partial charge in [0.2, 0.25) is 0 Å². The lowest BCUT2D eigenvalue weighted by atomic mass is 10.3. The number of nitrogens with zero attached hydrogens (tertiary/aromatic N) is 5. The highest BCUT2D eigenvalue weighted by atomic mass is 32.2. The van der Waals surface area contributed by atoms with Crippen molar-refractivity contribution < 1.29 is 5.11 Å². The van der Waals surface area contributed by atoms with Gasteiger partial charge in [-0.1, -0.05) is 0 Å². The molecule has 21 heavy (non-hydrogen) atoms. The maximum absolute atomic E-state index is 9.58. The minimum absolute atomic E-state index is 0.00898. The molecule has 0 bridgehead atoms.